The lowest BCUT2D eigenvalue weighted by Crippen LogP contribution is -2.35. The van der Waals surface area contributed by atoms with Crippen LogP contribution < -0.4 is 10.6 Å². The maximum atomic E-state index is 6.06. The SMILES string of the molecule is CCc1ccc(C2CN=C(N)N2c2ccc(Cl)cc2)s1. The fourth-order valence-electron chi connectivity index (χ4n) is 2.39. The van der Waals surface area contributed by atoms with Crippen LogP contribution in [0.3, 0.4) is 0 Å². The summed E-state index contributed by atoms with van der Waals surface area (Å²) in [5, 5.41) is 0.726. The summed E-state index contributed by atoms with van der Waals surface area (Å²) in [5.41, 5.74) is 7.10. The molecule has 5 heteroatoms. The molecule has 0 amide bonds. The number of benzene rings is 1. The fraction of sp³-hybridized carbons (Fsp3) is 0.267. The van der Waals surface area contributed by atoms with E-state index in [0.29, 0.717) is 12.5 Å². The zero-order valence-corrected chi connectivity index (χ0v) is 12.8. The highest BCUT2D eigenvalue weighted by Crippen LogP contribution is 2.35. The molecule has 2 aromatic rings. The zero-order chi connectivity index (χ0) is 14.1. The van der Waals surface area contributed by atoms with Crippen molar-refractivity contribution in [2.45, 2.75) is 19.4 Å². The van der Waals surface area contributed by atoms with Gasteiger partial charge in [0.05, 0.1) is 12.6 Å². The van der Waals surface area contributed by atoms with Crippen LogP contribution in [-0.4, -0.2) is 12.5 Å². The van der Waals surface area contributed by atoms with Crippen molar-refractivity contribution in [1.29, 1.82) is 0 Å². The minimum absolute atomic E-state index is 0.196. The van der Waals surface area contributed by atoms with E-state index in [-0.39, 0.29) is 6.04 Å². The summed E-state index contributed by atoms with van der Waals surface area (Å²) < 4.78 is 0. The van der Waals surface area contributed by atoms with Gasteiger partial charge in [0.2, 0.25) is 0 Å². The molecule has 1 aromatic heterocycles. The van der Waals surface area contributed by atoms with Crippen molar-refractivity contribution in [3.8, 4) is 0 Å². The molecule has 0 aliphatic carbocycles. The molecule has 1 aliphatic heterocycles. The highest BCUT2D eigenvalue weighted by atomic mass is 35.5. The molecule has 1 atom stereocenters. The number of aryl methyl sites for hydroxylation is 1. The maximum absolute atomic E-state index is 6.06. The predicted molar refractivity (Wildman–Crippen MR) is 86.9 cm³/mol. The Kier molecular flexibility index (Phi) is 3.68. The summed E-state index contributed by atoms with van der Waals surface area (Å²) in [6.45, 7) is 2.88. The summed E-state index contributed by atoms with van der Waals surface area (Å²) in [7, 11) is 0. The Hall–Kier alpha value is -1.52. The molecule has 0 radical (unpaired) electrons. The molecule has 2 heterocycles. The molecule has 1 aliphatic rings. The number of anilines is 1. The van der Waals surface area contributed by atoms with Crippen molar-refractivity contribution >= 4 is 34.6 Å². The van der Waals surface area contributed by atoms with E-state index in [4.69, 9.17) is 17.3 Å². The molecular formula is C15H16ClN3S. The van der Waals surface area contributed by atoms with Crippen molar-refractivity contribution in [3.63, 3.8) is 0 Å². The van der Waals surface area contributed by atoms with Crippen molar-refractivity contribution in [2.75, 3.05) is 11.4 Å². The average molecular weight is 306 g/mol. The summed E-state index contributed by atoms with van der Waals surface area (Å²) in [6, 6.07) is 12.3. The van der Waals surface area contributed by atoms with Gasteiger partial charge < -0.3 is 10.6 Å². The first-order valence-corrected chi connectivity index (χ1v) is 7.82. The van der Waals surface area contributed by atoms with Crippen LogP contribution >= 0.6 is 22.9 Å². The first-order chi connectivity index (χ1) is 9.69. The lowest BCUT2D eigenvalue weighted by Gasteiger charge is -2.25. The maximum Gasteiger partial charge on any atom is 0.196 e. The molecular weight excluding hydrogens is 290 g/mol. The van der Waals surface area contributed by atoms with E-state index < -0.39 is 0 Å². The van der Waals surface area contributed by atoms with Gasteiger partial charge in [-0.25, -0.2) is 0 Å². The largest absolute Gasteiger partial charge is 0.369 e. The van der Waals surface area contributed by atoms with Crippen LogP contribution in [0, 0.1) is 0 Å². The molecule has 0 spiro atoms. The van der Waals surface area contributed by atoms with Gasteiger partial charge in [-0.2, -0.15) is 0 Å². The van der Waals surface area contributed by atoms with E-state index in [2.05, 4.69) is 28.9 Å². The molecule has 0 bridgehead atoms. The van der Waals surface area contributed by atoms with Crippen molar-refractivity contribution < 1.29 is 0 Å². The number of rotatable bonds is 3. The Labute approximate surface area is 127 Å². The van der Waals surface area contributed by atoms with Gasteiger partial charge in [-0.15, -0.1) is 11.3 Å². The number of nitrogens with two attached hydrogens (primary N) is 1. The second-order valence-corrected chi connectivity index (χ2v) is 6.36. The summed E-state index contributed by atoms with van der Waals surface area (Å²) in [6.07, 6.45) is 1.06. The number of aliphatic imine (C=N–C) groups is 1. The van der Waals surface area contributed by atoms with E-state index in [9.17, 15) is 0 Å². The molecule has 0 saturated heterocycles. The van der Waals surface area contributed by atoms with Gasteiger partial charge in [0.15, 0.2) is 5.96 Å². The van der Waals surface area contributed by atoms with Crippen LogP contribution in [0.5, 0.6) is 0 Å². The fourth-order valence-corrected chi connectivity index (χ4v) is 3.55. The monoisotopic (exact) mass is 305 g/mol. The zero-order valence-electron chi connectivity index (χ0n) is 11.2. The lowest BCUT2D eigenvalue weighted by molar-refractivity contribution is 0.785. The average Bonchev–Trinajstić information content (AvgIpc) is 3.06. The molecule has 0 saturated carbocycles. The minimum atomic E-state index is 0.196. The first kappa shape index (κ1) is 13.5. The van der Waals surface area contributed by atoms with Gasteiger partial charge in [-0.3, -0.25) is 4.99 Å². The van der Waals surface area contributed by atoms with Gasteiger partial charge >= 0.3 is 0 Å². The number of halogens is 1. The number of hydrogen-bond acceptors (Lipinski definition) is 4. The van der Waals surface area contributed by atoms with Crippen LogP contribution in [0.2, 0.25) is 5.02 Å². The van der Waals surface area contributed by atoms with Crippen molar-refractivity contribution in [2.24, 2.45) is 10.7 Å². The third kappa shape index (κ3) is 2.41. The van der Waals surface area contributed by atoms with Crippen LogP contribution in [0.1, 0.15) is 22.7 Å². The molecule has 1 aromatic carbocycles. The highest BCUT2D eigenvalue weighted by molar-refractivity contribution is 7.12. The normalized spacial score (nSPS) is 18.4. The number of guanidine groups is 1. The predicted octanol–water partition coefficient (Wildman–Crippen LogP) is 3.84. The van der Waals surface area contributed by atoms with Crippen molar-refractivity contribution in [3.05, 3.63) is 51.2 Å². The molecule has 2 N–H and O–H groups in total. The summed E-state index contributed by atoms with van der Waals surface area (Å²) in [5.74, 6) is 0.573. The number of nitrogens with zero attached hydrogens (tertiary/aromatic N) is 2. The van der Waals surface area contributed by atoms with Crippen LogP contribution in [0.15, 0.2) is 41.4 Å². The van der Waals surface area contributed by atoms with E-state index in [0.717, 1.165) is 17.1 Å². The Morgan fingerprint density at radius 1 is 1.30 bits per heavy atom. The highest BCUT2D eigenvalue weighted by Gasteiger charge is 2.29. The quantitative estimate of drug-likeness (QED) is 0.936. The van der Waals surface area contributed by atoms with E-state index in [1.807, 2.05) is 35.6 Å². The summed E-state index contributed by atoms with van der Waals surface area (Å²) >= 11 is 7.79. The van der Waals surface area contributed by atoms with E-state index in [1.54, 1.807) is 0 Å². The molecule has 3 rings (SSSR count). The van der Waals surface area contributed by atoms with Gasteiger partial charge in [-0.1, -0.05) is 18.5 Å². The Morgan fingerprint density at radius 2 is 2.05 bits per heavy atom. The molecule has 20 heavy (non-hydrogen) atoms. The number of hydrogen-bond donors (Lipinski definition) is 1. The second-order valence-electron chi connectivity index (χ2n) is 4.72. The Bertz CT molecular complexity index is 633. The third-order valence-electron chi connectivity index (χ3n) is 3.45. The minimum Gasteiger partial charge on any atom is -0.369 e. The van der Waals surface area contributed by atoms with E-state index in [1.165, 1.54) is 9.75 Å². The third-order valence-corrected chi connectivity index (χ3v) is 5.03. The summed E-state index contributed by atoms with van der Waals surface area (Å²) in [4.78, 5) is 9.19. The Balaban J connectivity index is 1.93. The second kappa shape index (κ2) is 5.46. The van der Waals surface area contributed by atoms with E-state index >= 15 is 0 Å². The van der Waals surface area contributed by atoms with Gasteiger partial charge in [0, 0.05) is 20.5 Å². The lowest BCUT2D eigenvalue weighted by atomic mass is 10.2. The molecule has 0 fully saturated rings. The Morgan fingerprint density at radius 3 is 2.70 bits per heavy atom. The smallest absolute Gasteiger partial charge is 0.196 e. The van der Waals surface area contributed by atoms with Gasteiger partial charge in [0.25, 0.3) is 0 Å². The first-order valence-electron chi connectivity index (χ1n) is 6.62. The molecule has 1 unspecified atom stereocenters. The van der Waals surface area contributed by atoms with Gasteiger partial charge in [0.1, 0.15) is 0 Å². The van der Waals surface area contributed by atoms with Crippen LogP contribution in [0.4, 0.5) is 5.69 Å². The van der Waals surface area contributed by atoms with Crippen molar-refractivity contribution in [1.82, 2.24) is 0 Å². The standard InChI is InChI=1S/C15H16ClN3S/c1-2-12-7-8-14(20-12)13-9-18-15(17)19(13)11-5-3-10(16)4-6-11/h3-8,13H,2,9H2,1H3,(H2,17,18). The molecule has 104 valence electrons. The number of thiophene rings is 1. The van der Waals surface area contributed by atoms with Gasteiger partial charge in [-0.05, 0) is 42.8 Å². The topological polar surface area (TPSA) is 41.6 Å². The van der Waals surface area contributed by atoms with Crippen LogP contribution in [-0.2, 0) is 6.42 Å². The molecule has 3 nitrogen and oxygen atoms in total. The van der Waals surface area contributed by atoms with Crippen LogP contribution in [0.25, 0.3) is 0 Å².